The van der Waals surface area contributed by atoms with Crippen LogP contribution < -0.4 is 0 Å². The Bertz CT molecular complexity index is 613. The van der Waals surface area contributed by atoms with Crippen LogP contribution in [0.2, 0.25) is 0 Å². The van der Waals surface area contributed by atoms with E-state index in [1.807, 2.05) is 12.1 Å². The summed E-state index contributed by atoms with van der Waals surface area (Å²) in [6.45, 7) is 2.48. The van der Waals surface area contributed by atoms with Crippen molar-refractivity contribution in [1.29, 1.82) is 5.26 Å². The standard InChI is InChI=1S/C19H24N2O3/c1-23-19(22)18(16-4-2-3-15(11-16)12-20)21-9-7-17(8-10-21)24-13-14-5-6-14/h2-4,11,14,17-18H,5-10,13H2,1H3/t18-/m1/s1. The van der Waals surface area contributed by atoms with Gasteiger partial charge in [0.15, 0.2) is 0 Å². The van der Waals surface area contributed by atoms with Crippen molar-refractivity contribution >= 4 is 5.97 Å². The molecular formula is C19H24N2O3. The number of methoxy groups -OCH3 is 1. The van der Waals surface area contributed by atoms with E-state index < -0.39 is 6.04 Å². The SMILES string of the molecule is COC(=O)[C@@H](c1cccc(C#N)c1)N1CCC(OCC2CC2)CC1. The van der Waals surface area contributed by atoms with E-state index in [9.17, 15) is 4.79 Å². The Hall–Kier alpha value is -1.90. The monoisotopic (exact) mass is 328 g/mol. The maximum atomic E-state index is 12.3. The molecule has 1 aromatic carbocycles. The van der Waals surface area contributed by atoms with Crippen LogP contribution in [0.5, 0.6) is 0 Å². The van der Waals surface area contributed by atoms with Crippen molar-refractivity contribution < 1.29 is 14.3 Å². The van der Waals surface area contributed by atoms with E-state index in [1.54, 1.807) is 12.1 Å². The Morgan fingerprint density at radius 2 is 2.08 bits per heavy atom. The fourth-order valence-corrected chi connectivity index (χ4v) is 3.24. The molecule has 1 aliphatic carbocycles. The van der Waals surface area contributed by atoms with Gasteiger partial charge < -0.3 is 9.47 Å². The molecule has 0 aromatic heterocycles. The summed E-state index contributed by atoms with van der Waals surface area (Å²) in [5.74, 6) is 0.502. The lowest BCUT2D eigenvalue weighted by atomic mass is 9.99. The highest BCUT2D eigenvalue weighted by atomic mass is 16.5. The topological polar surface area (TPSA) is 62.6 Å². The van der Waals surface area contributed by atoms with Crippen LogP contribution in [0, 0.1) is 17.2 Å². The normalized spacial score (nSPS) is 20.3. The van der Waals surface area contributed by atoms with Crippen molar-refractivity contribution in [2.75, 3.05) is 26.8 Å². The fraction of sp³-hybridized carbons (Fsp3) is 0.579. The largest absolute Gasteiger partial charge is 0.468 e. The quantitative estimate of drug-likeness (QED) is 0.751. The van der Waals surface area contributed by atoms with E-state index in [-0.39, 0.29) is 5.97 Å². The van der Waals surface area contributed by atoms with Crippen LogP contribution in [-0.4, -0.2) is 43.8 Å². The molecule has 2 fully saturated rings. The molecule has 1 heterocycles. The molecule has 1 saturated heterocycles. The van der Waals surface area contributed by atoms with Crippen LogP contribution in [0.25, 0.3) is 0 Å². The van der Waals surface area contributed by atoms with Gasteiger partial charge in [-0.3, -0.25) is 4.90 Å². The molecule has 2 aliphatic rings. The zero-order valence-corrected chi connectivity index (χ0v) is 14.1. The maximum Gasteiger partial charge on any atom is 0.327 e. The molecule has 1 saturated carbocycles. The molecule has 128 valence electrons. The lowest BCUT2D eigenvalue weighted by molar-refractivity contribution is -0.148. The van der Waals surface area contributed by atoms with E-state index in [0.29, 0.717) is 11.7 Å². The van der Waals surface area contributed by atoms with Gasteiger partial charge in [-0.15, -0.1) is 0 Å². The number of hydrogen-bond donors (Lipinski definition) is 0. The predicted octanol–water partition coefficient (Wildman–Crippen LogP) is 2.66. The van der Waals surface area contributed by atoms with Crippen molar-refractivity contribution in [2.24, 2.45) is 5.92 Å². The summed E-state index contributed by atoms with van der Waals surface area (Å²) in [5.41, 5.74) is 1.38. The van der Waals surface area contributed by atoms with Crippen molar-refractivity contribution in [3.63, 3.8) is 0 Å². The molecule has 1 atom stereocenters. The van der Waals surface area contributed by atoms with E-state index in [1.165, 1.54) is 20.0 Å². The Kier molecular flexibility index (Phi) is 5.49. The Balaban J connectivity index is 1.65. The third-order valence-corrected chi connectivity index (χ3v) is 4.86. The first-order valence-corrected chi connectivity index (χ1v) is 8.65. The van der Waals surface area contributed by atoms with Gasteiger partial charge in [-0.1, -0.05) is 12.1 Å². The van der Waals surface area contributed by atoms with Crippen molar-refractivity contribution in [1.82, 2.24) is 4.90 Å². The zero-order chi connectivity index (χ0) is 16.9. The lowest BCUT2D eigenvalue weighted by Crippen LogP contribution is -2.42. The van der Waals surface area contributed by atoms with Gasteiger partial charge in [0.1, 0.15) is 6.04 Å². The highest BCUT2D eigenvalue weighted by Gasteiger charge is 2.33. The van der Waals surface area contributed by atoms with E-state index in [0.717, 1.165) is 44.0 Å². The molecular weight excluding hydrogens is 304 g/mol. The van der Waals surface area contributed by atoms with Gasteiger partial charge >= 0.3 is 5.97 Å². The number of likely N-dealkylation sites (tertiary alicyclic amines) is 1. The second kappa shape index (κ2) is 7.78. The summed E-state index contributed by atoms with van der Waals surface area (Å²) in [7, 11) is 1.41. The molecule has 0 bridgehead atoms. The Morgan fingerprint density at radius 1 is 1.33 bits per heavy atom. The number of nitrogens with zero attached hydrogens (tertiary/aromatic N) is 2. The maximum absolute atomic E-state index is 12.3. The number of ether oxygens (including phenoxy) is 2. The van der Waals surface area contributed by atoms with Gasteiger partial charge in [-0.25, -0.2) is 4.79 Å². The number of nitriles is 1. The fourth-order valence-electron chi connectivity index (χ4n) is 3.24. The predicted molar refractivity (Wildman–Crippen MR) is 89.2 cm³/mol. The van der Waals surface area contributed by atoms with Crippen LogP contribution in [-0.2, 0) is 14.3 Å². The molecule has 5 nitrogen and oxygen atoms in total. The highest BCUT2D eigenvalue weighted by Crippen LogP contribution is 2.31. The van der Waals surface area contributed by atoms with Crippen molar-refractivity contribution in [2.45, 2.75) is 37.8 Å². The van der Waals surface area contributed by atoms with E-state index in [2.05, 4.69) is 11.0 Å². The number of esters is 1. The molecule has 0 unspecified atom stereocenters. The molecule has 1 aromatic rings. The molecule has 1 aliphatic heterocycles. The van der Waals surface area contributed by atoms with Crippen molar-refractivity contribution in [3.05, 3.63) is 35.4 Å². The summed E-state index contributed by atoms with van der Waals surface area (Å²) in [4.78, 5) is 14.5. The molecule has 3 rings (SSSR count). The Morgan fingerprint density at radius 3 is 2.71 bits per heavy atom. The molecule has 0 radical (unpaired) electrons. The average Bonchev–Trinajstić information content (AvgIpc) is 3.45. The minimum absolute atomic E-state index is 0.276. The number of carbonyl (C=O) groups excluding carboxylic acids is 1. The van der Waals surface area contributed by atoms with E-state index in [4.69, 9.17) is 14.7 Å². The first kappa shape index (κ1) is 16.9. The van der Waals surface area contributed by atoms with Gasteiger partial charge in [0, 0.05) is 19.7 Å². The van der Waals surface area contributed by atoms with Crippen LogP contribution in [0.4, 0.5) is 0 Å². The van der Waals surface area contributed by atoms with Gasteiger partial charge in [-0.05, 0) is 49.3 Å². The lowest BCUT2D eigenvalue weighted by Gasteiger charge is -2.36. The summed E-state index contributed by atoms with van der Waals surface area (Å²) >= 11 is 0. The van der Waals surface area contributed by atoms with Gasteiger partial charge in [0.2, 0.25) is 0 Å². The summed E-state index contributed by atoms with van der Waals surface area (Å²) in [6.07, 6.45) is 4.76. The highest BCUT2D eigenvalue weighted by molar-refractivity contribution is 5.77. The van der Waals surface area contributed by atoms with Crippen LogP contribution in [0.3, 0.4) is 0 Å². The summed E-state index contributed by atoms with van der Waals surface area (Å²) < 4.78 is 11.0. The van der Waals surface area contributed by atoms with E-state index >= 15 is 0 Å². The molecule has 0 amide bonds. The average molecular weight is 328 g/mol. The first-order chi connectivity index (χ1) is 11.7. The summed E-state index contributed by atoms with van der Waals surface area (Å²) in [6, 6.07) is 8.90. The Labute approximate surface area is 143 Å². The minimum atomic E-state index is -0.451. The minimum Gasteiger partial charge on any atom is -0.468 e. The molecule has 24 heavy (non-hydrogen) atoms. The number of piperidine rings is 1. The molecule has 0 N–H and O–H groups in total. The molecule has 0 spiro atoms. The second-order valence-corrected chi connectivity index (χ2v) is 6.67. The third-order valence-electron chi connectivity index (χ3n) is 4.86. The van der Waals surface area contributed by atoms with Crippen molar-refractivity contribution in [3.8, 4) is 6.07 Å². The van der Waals surface area contributed by atoms with Crippen LogP contribution in [0.1, 0.15) is 42.9 Å². The van der Waals surface area contributed by atoms with Crippen LogP contribution >= 0.6 is 0 Å². The summed E-state index contributed by atoms with van der Waals surface area (Å²) in [5, 5.41) is 9.10. The number of carbonyl (C=O) groups is 1. The molecule has 5 heteroatoms. The smallest absolute Gasteiger partial charge is 0.327 e. The number of benzene rings is 1. The second-order valence-electron chi connectivity index (χ2n) is 6.67. The number of hydrogen-bond acceptors (Lipinski definition) is 5. The third kappa shape index (κ3) is 4.14. The van der Waals surface area contributed by atoms with Gasteiger partial charge in [-0.2, -0.15) is 5.26 Å². The van der Waals surface area contributed by atoms with Gasteiger partial charge in [0.05, 0.1) is 24.8 Å². The van der Waals surface area contributed by atoms with Crippen LogP contribution in [0.15, 0.2) is 24.3 Å². The van der Waals surface area contributed by atoms with Gasteiger partial charge in [0.25, 0.3) is 0 Å². The first-order valence-electron chi connectivity index (χ1n) is 8.65. The number of rotatable bonds is 6. The zero-order valence-electron chi connectivity index (χ0n) is 14.1.